The third-order valence-corrected chi connectivity index (χ3v) is 5.45. The summed E-state index contributed by atoms with van der Waals surface area (Å²) in [4.78, 5) is 24.9. The monoisotopic (exact) mass is 398 g/mol. The normalized spacial score (nSPS) is 10.6. The third-order valence-electron chi connectivity index (χ3n) is 3.72. The zero-order valence-corrected chi connectivity index (χ0v) is 16.5. The molecule has 0 aliphatic rings. The molecule has 138 valence electrons. The molecule has 0 bridgehead atoms. The van der Waals surface area contributed by atoms with Crippen LogP contribution in [0.25, 0.3) is 5.69 Å². The van der Waals surface area contributed by atoms with E-state index in [2.05, 4.69) is 15.5 Å². The van der Waals surface area contributed by atoms with Gasteiger partial charge in [-0.25, -0.2) is 0 Å². The van der Waals surface area contributed by atoms with E-state index >= 15 is 0 Å². The Bertz CT molecular complexity index is 957. The lowest BCUT2D eigenvalue weighted by Crippen LogP contribution is -2.09. The molecule has 0 saturated carbocycles. The van der Waals surface area contributed by atoms with Gasteiger partial charge < -0.3 is 5.32 Å². The van der Waals surface area contributed by atoms with Gasteiger partial charge in [0.05, 0.1) is 11.4 Å². The molecule has 3 rings (SSSR count). The van der Waals surface area contributed by atoms with Crippen LogP contribution in [-0.4, -0.2) is 38.5 Å². The van der Waals surface area contributed by atoms with Gasteiger partial charge in [0, 0.05) is 23.1 Å². The summed E-state index contributed by atoms with van der Waals surface area (Å²) in [6.07, 6.45) is 3.55. The maximum absolute atomic E-state index is 12.6. The highest BCUT2D eigenvalue weighted by atomic mass is 32.2. The summed E-state index contributed by atoms with van der Waals surface area (Å²) in [5.74, 6) is 0.0195. The van der Waals surface area contributed by atoms with Crippen molar-refractivity contribution in [3.8, 4) is 5.69 Å². The molecule has 2 aromatic carbocycles. The number of Topliss-reactive ketones (excluding diaryl/α,β-unsaturated/α-hetero) is 1. The fourth-order valence-electron chi connectivity index (χ4n) is 2.47. The minimum absolute atomic E-state index is 0.0399. The Balaban J connectivity index is 1.74. The quantitative estimate of drug-likeness (QED) is 0.480. The van der Waals surface area contributed by atoms with Crippen LogP contribution in [0, 0.1) is 0 Å². The van der Waals surface area contributed by atoms with Crippen LogP contribution in [0.3, 0.4) is 0 Å². The highest BCUT2D eigenvalue weighted by molar-refractivity contribution is 7.99. The average molecular weight is 399 g/mol. The summed E-state index contributed by atoms with van der Waals surface area (Å²) >= 11 is 2.84. The summed E-state index contributed by atoms with van der Waals surface area (Å²) in [6.45, 7) is 1.45. The van der Waals surface area contributed by atoms with E-state index in [0.717, 1.165) is 10.6 Å². The van der Waals surface area contributed by atoms with Crippen molar-refractivity contribution in [3.63, 3.8) is 0 Å². The van der Waals surface area contributed by atoms with Gasteiger partial charge in [0.25, 0.3) is 0 Å². The summed E-state index contributed by atoms with van der Waals surface area (Å²) in [5.41, 5.74) is 2.14. The van der Waals surface area contributed by atoms with E-state index in [-0.39, 0.29) is 17.4 Å². The summed E-state index contributed by atoms with van der Waals surface area (Å²) in [7, 11) is 0. The maximum Gasteiger partial charge on any atom is 0.221 e. The largest absolute Gasteiger partial charge is 0.325 e. The molecule has 1 heterocycles. The number of anilines is 1. The molecule has 8 heteroatoms. The zero-order valence-electron chi connectivity index (χ0n) is 14.9. The van der Waals surface area contributed by atoms with Gasteiger partial charge in [0.2, 0.25) is 5.91 Å². The van der Waals surface area contributed by atoms with Gasteiger partial charge >= 0.3 is 0 Å². The number of thioether (sulfide) groups is 2. The first-order valence-corrected chi connectivity index (χ1v) is 10.4. The first-order chi connectivity index (χ1) is 13.1. The highest BCUT2D eigenvalue weighted by Crippen LogP contribution is 2.28. The lowest BCUT2D eigenvalue weighted by Gasteiger charge is -2.10. The summed E-state index contributed by atoms with van der Waals surface area (Å²) in [6, 6.07) is 15.1. The van der Waals surface area contributed by atoms with Crippen LogP contribution in [0.1, 0.15) is 17.3 Å². The number of aromatic nitrogens is 3. The van der Waals surface area contributed by atoms with E-state index in [1.165, 1.54) is 30.4 Å². The van der Waals surface area contributed by atoms with Crippen molar-refractivity contribution in [2.24, 2.45) is 0 Å². The van der Waals surface area contributed by atoms with Crippen LogP contribution >= 0.6 is 23.5 Å². The van der Waals surface area contributed by atoms with Crippen LogP contribution in [0.2, 0.25) is 0 Å². The highest BCUT2D eigenvalue weighted by Gasteiger charge is 2.14. The lowest BCUT2D eigenvalue weighted by molar-refractivity contribution is -0.114. The number of hydrogen-bond donors (Lipinski definition) is 1. The van der Waals surface area contributed by atoms with Crippen LogP contribution in [-0.2, 0) is 4.79 Å². The SMILES string of the molecule is CSc1ccc(C(=O)CSc2nncn2-c2ccccc2)cc1NC(C)=O. The molecule has 0 radical (unpaired) electrons. The fraction of sp³-hybridized carbons (Fsp3) is 0.158. The molecule has 0 atom stereocenters. The Labute approximate surface area is 165 Å². The molecule has 1 amide bonds. The predicted molar refractivity (Wildman–Crippen MR) is 109 cm³/mol. The van der Waals surface area contributed by atoms with Gasteiger partial charge in [-0.15, -0.1) is 22.0 Å². The maximum atomic E-state index is 12.6. The van der Waals surface area contributed by atoms with Crippen LogP contribution in [0.4, 0.5) is 5.69 Å². The van der Waals surface area contributed by atoms with E-state index in [9.17, 15) is 9.59 Å². The molecule has 0 spiro atoms. The molecule has 0 fully saturated rings. The van der Waals surface area contributed by atoms with Gasteiger partial charge in [-0.1, -0.05) is 36.0 Å². The Kier molecular flexibility index (Phi) is 6.31. The van der Waals surface area contributed by atoms with Crippen LogP contribution in [0.15, 0.2) is 64.9 Å². The fourth-order valence-corrected chi connectivity index (χ4v) is 3.83. The zero-order chi connectivity index (χ0) is 19.2. The van der Waals surface area contributed by atoms with Gasteiger partial charge in [-0.2, -0.15) is 0 Å². The number of nitrogens with one attached hydrogen (secondary N) is 1. The predicted octanol–water partition coefficient (Wildman–Crippen LogP) is 3.92. The Morgan fingerprint density at radius 2 is 1.93 bits per heavy atom. The lowest BCUT2D eigenvalue weighted by atomic mass is 10.1. The number of hydrogen-bond acceptors (Lipinski definition) is 6. The van der Waals surface area contributed by atoms with Crippen molar-refractivity contribution < 1.29 is 9.59 Å². The number of carbonyl (C=O) groups excluding carboxylic acids is 2. The smallest absolute Gasteiger partial charge is 0.221 e. The Morgan fingerprint density at radius 3 is 2.63 bits per heavy atom. The molecule has 1 aromatic heterocycles. The van der Waals surface area contributed by atoms with E-state index in [1.807, 2.05) is 47.2 Å². The van der Waals surface area contributed by atoms with Crippen molar-refractivity contribution in [1.29, 1.82) is 0 Å². The first-order valence-electron chi connectivity index (χ1n) is 8.15. The van der Waals surface area contributed by atoms with E-state index in [4.69, 9.17) is 0 Å². The van der Waals surface area contributed by atoms with Crippen molar-refractivity contribution in [2.45, 2.75) is 17.0 Å². The number of rotatable bonds is 7. The average Bonchev–Trinajstić information content (AvgIpc) is 3.15. The van der Waals surface area contributed by atoms with E-state index in [1.54, 1.807) is 18.5 Å². The number of nitrogens with zero attached hydrogens (tertiary/aromatic N) is 3. The van der Waals surface area contributed by atoms with Gasteiger partial charge in [0.1, 0.15) is 6.33 Å². The molecule has 0 aliphatic heterocycles. The standard InChI is InChI=1S/C19H18N4O2S2/c1-13(24)21-16-10-14(8-9-18(16)26-2)17(25)11-27-19-22-20-12-23(19)15-6-4-3-5-7-15/h3-10,12H,11H2,1-2H3,(H,21,24). The number of amides is 1. The summed E-state index contributed by atoms with van der Waals surface area (Å²) < 4.78 is 1.84. The molecule has 0 unspecified atom stereocenters. The molecular weight excluding hydrogens is 380 g/mol. The number of para-hydroxylation sites is 1. The van der Waals surface area contributed by atoms with Crippen LogP contribution < -0.4 is 5.32 Å². The topological polar surface area (TPSA) is 76.9 Å². The molecule has 6 nitrogen and oxygen atoms in total. The minimum atomic E-state index is -0.166. The van der Waals surface area contributed by atoms with Crippen molar-refractivity contribution in [1.82, 2.24) is 14.8 Å². The van der Waals surface area contributed by atoms with E-state index in [0.29, 0.717) is 16.4 Å². The van der Waals surface area contributed by atoms with Crippen molar-refractivity contribution in [3.05, 3.63) is 60.4 Å². The number of ketones is 1. The molecule has 1 N–H and O–H groups in total. The Morgan fingerprint density at radius 1 is 1.15 bits per heavy atom. The van der Waals surface area contributed by atoms with Gasteiger partial charge in [-0.3, -0.25) is 14.2 Å². The van der Waals surface area contributed by atoms with Gasteiger partial charge in [-0.05, 0) is 30.5 Å². The number of benzene rings is 2. The molecule has 27 heavy (non-hydrogen) atoms. The molecular formula is C19H18N4O2S2. The second-order valence-corrected chi connectivity index (χ2v) is 7.42. The number of carbonyl (C=O) groups is 2. The third kappa shape index (κ3) is 4.78. The Hall–Kier alpha value is -2.58. The molecule has 0 aliphatic carbocycles. The minimum Gasteiger partial charge on any atom is -0.325 e. The van der Waals surface area contributed by atoms with Crippen LogP contribution in [0.5, 0.6) is 0 Å². The first kappa shape index (κ1) is 19.2. The van der Waals surface area contributed by atoms with Crippen molar-refractivity contribution in [2.75, 3.05) is 17.3 Å². The second-order valence-electron chi connectivity index (χ2n) is 5.63. The molecule has 0 saturated heterocycles. The van der Waals surface area contributed by atoms with Gasteiger partial charge in [0.15, 0.2) is 10.9 Å². The van der Waals surface area contributed by atoms with Crippen molar-refractivity contribution >= 4 is 40.9 Å². The molecule has 3 aromatic rings. The second kappa shape index (κ2) is 8.88. The van der Waals surface area contributed by atoms with E-state index < -0.39 is 0 Å². The summed E-state index contributed by atoms with van der Waals surface area (Å²) in [5, 5.41) is 11.5.